The molecule has 2 rings (SSSR count). The lowest BCUT2D eigenvalue weighted by Crippen LogP contribution is -2.45. The first-order valence-electron chi connectivity index (χ1n) is 10.0. The molecule has 0 radical (unpaired) electrons. The van der Waals surface area contributed by atoms with Crippen LogP contribution in [-0.4, -0.2) is 56.8 Å². The molecule has 9 heteroatoms. The summed E-state index contributed by atoms with van der Waals surface area (Å²) in [5.74, 6) is -0.619. The molecule has 2 atom stereocenters. The number of hydrogen-bond donors (Lipinski definition) is 2. The van der Waals surface area contributed by atoms with Crippen LogP contribution in [0.5, 0.6) is 5.75 Å². The van der Waals surface area contributed by atoms with E-state index in [1.54, 1.807) is 6.92 Å². The maximum absolute atomic E-state index is 13.3. The molecule has 0 unspecified atom stereocenters. The van der Waals surface area contributed by atoms with E-state index in [0.29, 0.717) is 13.1 Å². The summed E-state index contributed by atoms with van der Waals surface area (Å²) < 4.78 is 33.2. The molecule has 0 saturated carbocycles. The van der Waals surface area contributed by atoms with Gasteiger partial charge in [-0.1, -0.05) is 13.3 Å². The Kier molecular flexibility index (Phi) is 8.04. The smallest absolute Gasteiger partial charge is 0.251 e. The Labute approximate surface area is 173 Å². The van der Waals surface area contributed by atoms with Crippen LogP contribution in [0.1, 0.15) is 56.8 Å². The van der Waals surface area contributed by atoms with Crippen LogP contribution in [0.3, 0.4) is 0 Å². The number of methoxy groups -OCH3 is 1. The summed E-state index contributed by atoms with van der Waals surface area (Å²) in [6.07, 6.45) is 3.38. The Morgan fingerprint density at radius 2 is 2.03 bits per heavy atom. The molecule has 1 aliphatic rings. The highest BCUT2D eigenvalue weighted by Gasteiger charge is 2.33. The standard InChI is InChI=1S/C20H31N3O5S/c1-5-11-21-19(24)15(3)22-20(25)16-9-10-17(28-4)18(13-16)29(26,27)23-12-7-6-8-14(23)2/h9-10,13-15H,5-8,11-12H2,1-4H3,(H,21,24)(H,22,25)/t14-,15+/m0/s1. The number of nitrogens with zero attached hydrogens (tertiary/aromatic N) is 1. The number of amides is 2. The lowest BCUT2D eigenvalue weighted by Gasteiger charge is -2.32. The van der Waals surface area contributed by atoms with Crippen molar-refractivity contribution in [1.29, 1.82) is 0 Å². The van der Waals surface area contributed by atoms with Crippen molar-refractivity contribution in [1.82, 2.24) is 14.9 Å². The first-order chi connectivity index (χ1) is 13.7. The number of benzene rings is 1. The van der Waals surface area contributed by atoms with Crippen LogP contribution < -0.4 is 15.4 Å². The van der Waals surface area contributed by atoms with Gasteiger partial charge in [0.25, 0.3) is 5.91 Å². The van der Waals surface area contributed by atoms with Crippen molar-refractivity contribution < 1.29 is 22.7 Å². The molecule has 0 bridgehead atoms. The van der Waals surface area contributed by atoms with Gasteiger partial charge < -0.3 is 15.4 Å². The quantitative estimate of drug-likeness (QED) is 0.662. The third-order valence-corrected chi connectivity index (χ3v) is 7.08. The topological polar surface area (TPSA) is 105 Å². The van der Waals surface area contributed by atoms with Gasteiger partial charge in [-0.3, -0.25) is 9.59 Å². The number of hydrogen-bond acceptors (Lipinski definition) is 5. The molecule has 162 valence electrons. The van der Waals surface area contributed by atoms with Crippen LogP contribution in [-0.2, 0) is 14.8 Å². The Hall–Kier alpha value is -2.13. The average molecular weight is 426 g/mol. The molecule has 0 spiro atoms. The second kappa shape index (κ2) is 10.1. The van der Waals surface area contributed by atoms with Crippen LogP contribution >= 0.6 is 0 Å². The third-order valence-electron chi connectivity index (χ3n) is 5.04. The minimum atomic E-state index is -3.82. The molecule has 2 amide bonds. The highest BCUT2D eigenvalue weighted by atomic mass is 32.2. The Morgan fingerprint density at radius 1 is 1.31 bits per heavy atom. The number of rotatable bonds is 8. The number of ether oxygens (including phenoxy) is 1. The van der Waals surface area contributed by atoms with Crippen LogP contribution in [0, 0.1) is 0 Å². The summed E-state index contributed by atoms with van der Waals surface area (Å²) in [6, 6.07) is 3.43. The monoisotopic (exact) mass is 425 g/mol. The summed E-state index contributed by atoms with van der Waals surface area (Å²) in [7, 11) is -2.42. The molecule has 0 aliphatic carbocycles. The van der Waals surface area contributed by atoms with E-state index >= 15 is 0 Å². The molecule has 29 heavy (non-hydrogen) atoms. The van der Waals surface area contributed by atoms with Gasteiger partial charge in [-0.25, -0.2) is 8.42 Å². The van der Waals surface area contributed by atoms with Crippen molar-refractivity contribution in [3.8, 4) is 5.75 Å². The molecule has 0 aromatic heterocycles. The number of piperidine rings is 1. The minimum Gasteiger partial charge on any atom is -0.495 e. The Bertz CT molecular complexity index is 841. The molecule has 1 saturated heterocycles. The fraction of sp³-hybridized carbons (Fsp3) is 0.600. The minimum absolute atomic E-state index is 0.0375. The molecule has 1 aliphatic heterocycles. The van der Waals surface area contributed by atoms with Gasteiger partial charge in [0.05, 0.1) is 7.11 Å². The molecule has 1 aromatic rings. The number of carbonyl (C=O) groups excluding carboxylic acids is 2. The number of sulfonamides is 1. The summed E-state index contributed by atoms with van der Waals surface area (Å²) >= 11 is 0. The van der Waals surface area contributed by atoms with E-state index in [1.807, 2.05) is 13.8 Å². The maximum atomic E-state index is 13.3. The highest BCUT2D eigenvalue weighted by molar-refractivity contribution is 7.89. The summed E-state index contributed by atoms with van der Waals surface area (Å²) in [4.78, 5) is 24.6. The second-order valence-corrected chi connectivity index (χ2v) is 9.17. The van der Waals surface area contributed by atoms with E-state index in [4.69, 9.17) is 4.74 Å². The van der Waals surface area contributed by atoms with Gasteiger partial charge in [0.2, 0.25) is 15.9 Å². The van der Waals surface area contributed by atoms with Crippen molar-refractivity contribution in [3.05, 3.63) is 23.8 Å². The largest absolute Gasteiger partial charge is 0.495 e. The summed E-state index contributed by atoms with van der Waals surface area (Å²) in [5.41, 5.74) is 0.157. The van der Waals surface area contributed by atoms with Gasteiger partial charge in [-0.2, -0.15) is 4.31 Å². The van der Waals surface area contributed by atoms with Gasteiger partial charge in [0, 0.05) is 24.7 Å². The van der Waals surface area contributed by atoms with Crippen molar-refractivity contribution in [2.45, 2.75) is 63.4 Å². The highest BCUT2D eigenvalue weighted by Crippen LogP contribution is 2.31. The predicted octanol–water partition coefficient (Wildman–Crippen LogP) is 1.90. The molecule has 2 N–H and O–H groups in total. The van der Waals surface area contributed by atoms with Gasteiger partial charge in [0.15, 0.2) is 0 Å². The second-order valence-electron chi connectivity index (χ2n) is 7.31. The van der Waals surface area contributed by atoms with E-state index in [1.165, 1.54) is 29.6 Å². The van der Waals surface area contributed by atoms with Crippen molar-refractivity contribution in [2.75, 3.05) is 20.2 Å². The third kappa shape index (κ3) is 5.48. The normalized spacial score (nSPS) is 18.7. The van der Waals surface area contributed by atoms with E-state index < -0.39 is 22.0 Å². The van der Waals surface area contributed by atoms with Crippen LogP contribution in [0.4, 0.5) is 0 Å². The maximum Gasteiger partial charge on any atom is 0.251 e. The van der Waals surface area contributed by atoms with Crippen molar-refractivity contribution >= 4 is 21.8 Å². The lowest BCUT2D eigenvalue weighted by atomic mass is 10.1. The predicted molar refractivity (Wildman–Crippen MR) is 110 cm³/mol. The van der Waals surface area contributed by atoms with Gasteiger partial charge in [-0.05, 0) is 51.3 Å². The molecular formula is C20H31N3O5S. The molecule has 8 nitrogen and oxygen atoms in total. The fourth-order valence-electron chi connectivity index (χ4n) is 3.32. The number of carbonyl (C=O) groups is 2. The SMILES string of the molecule is CCCNC(=O)[C@@H](C)NC(=O)c1ccc(OC)c(S(=O)(=O)N2CCCC[C@@H]2C)c1. The summed E-state index contributed by atoms with van der Waals surface area (Å²) in [6.45, 7) is 6.37. The van der Waals surface area contributed by atoms with Crippen LogP contribution in [0.25, 0.3) is 0 Å². The first kappa shape index (κ1) is 23.2. The van der Waals surface area contributed by atoms with Gasteiger partial charge in [-0.15, -0.1) is 0 Å². The van der Waals surface area contributed by atoms with Crippen LogP contribution in [0.15, 0.2) is 23.1 Å². The van der Waals surface area contributed by atoms with Gasteiger partial charge in [0.1, 0.15) is 16.7 Å². The zero-order valence-corrected chi connectivity index (χ0v) is 18.3. The van der Waals surface area contributed by atoms with E-state index in [9.17, 15) is 18.0 Å². The van der Waals surface area contributed by atoms with Crippen molar-refractivity contribution in [2.24, 2.45) is 0 Å². The van der Waals surface area contributed by atoms with Crippen LogP contribution in [0.2, 0.25) is 0 Å². The fourth-order valence-corrected chi connectivity index (χ4v) is 5.20. The van der Waals surface area contributed by atoms with E-state index in [2.05, 4.69) is 10.6 Å². The average Bonchev–Trinajstić information content (AvgIpc) is 2.71. The van der Waals surface area contributed by atoms with E-state index in [0.717, 1.165) is 25.7 Å². The molecular weight excluding hydrogens is 394 g/mol. The summed E-state index contributed by atoms with van der Waals surface area (Å²) in [5, 5.41) is 5.32. The van der Waals surface area contributed by atoms with Crippen molar-refractivity contribution in [3.63, 3.8) is 0 Å². The lowest BCUT2D eigenvalue weighted by molar-refractivity contribution is -0.122. The molecule has 1 aromatic carbocycles. The zero-order chi connectivity index (χ0) is 21.6. The zero-order valence-electron chi connectivity index (χ0n) is 17.5. The molecule has 1 heterocycles. The Morgan fingerprint density at radius 3 is 2.66 bits per heavy atom. The first-order valence-corrected chi connectivity index (χ1v) is 11.4. The Balaban J connectivity index is 2.28. The molecule has 1 fully saturated rings. The van der Waals surface area contributed by atoms with Gasteiger partial charge >= 0.3 is 0 Å². The number of nitrogens with one attached hydrogen (secondary N) is 2. The van der Waals surface area contributed by atoms with E-state index in [-0.39, 0.29) is 28.2 Å².